The zero-order valence-electron chi connectivity index (χ0n) is 7.65. The maximum Gasteiger partial charge on any atom is 0.253 e. The van der Waals surface area contributed by atoms with E-state index in [9.17, 15) is 0 Å². The molecule has 3 nitrogen and oxygen atoms in total. The van der Waals surface area contributed by atoms with Crippen LogP contribution < -0.4 is 0 Å². The summed E-state index contributed by atoms with van der Waals surface area (Å²) in [5.41, 5.74) is -0.222. The number of benzene rings is 1. The molecule has 0 amide bonds. The summed E-state index contributed by atoms with van der Waals surface area (Å²) in [6.07, 6.45) is 0. The third-order valence-electron chi connectivity index (χ3n) is 1.99. The van der Waals surface area contributed by atoms with Gasteiger partial charge >= 0.3 is 0 Å². The predicted octanol–water partition coefficient (Wildman–Crippen LogP) is 1.80. The first-order valence-corrected chi connectivity index (χ1v) is 3.99. The fourth-order valence-corrected chi connectivity index (χ4v) is 1.07. The van der Waals surface area contributed by atoms with Crippen LogP contribution in [0.5, 0.6) is 0 Å². The summed E-state index contributed by atoms with van der Waals surface area (Å²) in [5, 5.41) is 26.4. The molecule has 0 aliphatic heterocycles. The van der Waals surface area contributed by atoms with Gasteiger partial charge in [0.25, 0.3) is 5.41 Å². The lowest BCUT2D eigenvalue weighted by Gasteiger charge is -2.09. The molecule has 0 unspecified atom stereocenters. The van der Waals surface area contributed by atoms with Gasteiger partial charge in [0.15, 0.2) is 0 Å². The minimum absolute atomic E-state index is 0.426. The second-order valence-corrected chi connectivity index (χ2v) is 2.95. The van der Waals surface area contributed by atoms with Crippen LogP contribution >= 0.6 is 0 Å². The number of nitriles is 3. The maximum atomic E-state index is 8.80. The van der Waals surface area contributed by atoms with Crippen LogP contribution in [0.1, 0.15) is 11.1 Å². The van der Waals surface area contributed by atoms with E-state index in [4.69, 9.17) is 15.8 Å². The van der Waals surface area contributed by atoms with Gasteiger partial charge in [0.05, 0.1) is 0 Å². The molecule has 3 heteroatoms. The summed E-state index contributed by atoms with van der Waals surface area (Å²) < 4.78 is 0. The van der Waals surface area contributed by atoms with Crippen LogP contribution in [0.15, 0.2) is 24.3 Å². The highest BCUT2D eigenvalue weighted by molar-refractivity contribution is 5.48. The molecule has 0 bridgehead atoms. The quantitative estimate of drug-likeness (QED) is 0.663. The Morgan fingerprint density at radius 2 is 1.36 bits per heavy atom. The van der Waals surface area contributed by atoms with E-state index in [1.54, 1.807) is 42.5 Å². The summed E-state index contributed by atoms with van der Waals surface area (Å²) in [7, 11) is 0. The van der Waals surface area contributed by atoms with Crippen molar-refractivity contribution in [1.82, 2.24) is 0 Å². The van der Waals surface area contributed by atoms with Gasteiger partial charge in [0.1, 0.15) is 18.2 Å². The topological polar surface area (TPSA) is 71.4 Å². The molecule has 0 saturated carbocycles. The van der Waals surface area contributed by atoms with Gasteiger partial charge in [-0.05, 0) is 6.92 Å². The van der Waals surface area contributed by atoms with Crippen molar-refractivity contribution in [2.24, 2.45) is 0 Å². The molecule has 0 aliphatic rings. The van der Waals surface area contributed by atoms with Crippen LogP contribution in [-0.2, 0) is 5.41 Å². The molecule has 0 spiro atoms. The molecule has 0 heterocycles. The summed E-state index contributed by atoms with van der Waals surface area (Å²) in [6, 6.07) is 12.0. The van der Waals surface area contributed by atoms with E-state index < -0.39 is 5.41 Å². The molecule has 66 valence electrons. The molecule has 0 fully saturated rings. The minimum atomic E-state index is -1.67. The summed E-state index contributed by atoms with van der Waals surface area (Å²) in [5.74, 6) is 0. The Balaban J connectivity index is 3.31. The van der Waals surface area contributed by atoms with Crippen molar-refractivity contribution in [3.05, 3.63) is 35.4 Å². The third kappa shape index (κ3) is 1.42. The zero-order chi connectivity index (χ0) is 10.6. The number of nitrogens with zero attached hydrogens (tertiary/aromatic N) is 3. The maximum absolute atomic E-state index is 8.80. The van der Waals surface area contributed by atoms with Crippen LogP contribution in [0.25, 0.3) is 0 Å². The zero-order valence-corrected chi connectivity index (χ0v) is 7.65. The van der Waals surface area contributed by atoms with Crippen LogP contribution in [0.2, 0.25) is 0 Å². The highest BCUT2D eigenvalue weighted by Crippen LogP contribution is 2.21. The Kier molecular flexibility index (Phi) is 2.52. The Labute approximate surface area is 82.4 Å². The average Bonchev–Trinajstić information content (AvgIpc) is 2.24. The van der Waals surface area contributed by atoms with E-state index in [1.165, 1.54) is 0 Å². The van der Waals surface area contributed by atoms with Crippen molar-refractivity contribution in [2.45, 2.75) is 12.3 Å². The Hall–Kier alpha value is -2.31. The monoisotopic (exact) mass is 181 g/mol. The molecular formula is C11H7N3. The molecule has 1 aromatic carbocycles. The van der Waals surface area contributed by atoms with Crippen LogP contribution in [0, 0.1) is 40.9 Å². The molecule has 1 aromatic rings. The molecule has 0 saturated heterocycles. The van der Waals surface area contributed by atoms with Gasteiger partial charge in [-0.2, -0.15) is 15.8 Å². The molecule has 14 heavy (non-hydrogen) atoms. The van der Waals surface area contributed by atoms with Crippen molar-refractivity contribution in [3.63, 3.8) is 0 Å². The van der Waals surface area contributed by atoms with Gasteiger partial charge in [-0.25, -0.2) is 0 Å². The fraction of sp³-hybridized carbons (Fsp3) is 0.182. The van der Waals surface area contributed by atoms with E-state index in [-0.39, 0.29) is 0 Å². The van der Waals surface area contributed by atoms with Crippen molar-refractivity contribution in [1.29, 1.82) is 15.8 Å². The van der Waals surface area contributed by atoms with E-state index >= 15 is 0 Å². The number of hydrogen-bond acceptors (Lipinski definition) is 3. The standard InChI is InChI=1S/C11H7N3/c1-9-2-4-10(5-3-9)11(6-12,7-13)8-14/h2-5H,1H3. The summed E-state index contributed by atoms with van der Waals surface area (Å²) in [6.45, 7) is 1.90. The number of aryl methyl sites for hydroxylation is 1. The Bertz CT molecular complexity index is 415. The predicted molar refractivity (Wildman–Crippen MR) is 49.7 cm³/mol. The van der Waals surface area contributed by atoms with Gasteiger partial charge in [0.2, 0.25) is 0 Å². The molecular weight excluding hydrogens is 174 g/mol. The number of hydrogen-bond donors (Lipinski definition) is 0. The van der Waals surface area contributed by atoms with Crippen molar-refractivity contribution >= 4 is 0 Å². The molecule has 0 atom stereocenters. The fourth-order valence-electron chi connectivity index (χ4n) is 1.07. The smallest absolute Gasteiger partial charge is 0.195 e. The Morgan fingerprint density at radius 3 is 1.71 bits per heavy atom. The molecule has 1 rings (SSSR count). The van der Waals surface area contributed by atoms with Crippen molar-refractivity contribution < 1.29 is 0 Å². The lowest BCUT2D eigenvalue weighted by molar-refractivity contribution is 0.904. The summed E-state index contributed by atoms with van der Waals surface area (Å²) >= 11 is 0. The van der Waals surface area contributed by atoms with Crippen LogP contribution in [-0.4, -0.2) is 0 Å². The summed E-state index contributed by atoms with van der Waals surface area (Å²) in [4.78, 5) is 0. The van der Waals surface area contributed by atoms with Gasteiger partial charge in [0, 0.05) is 5.56 Å². The highest BCUT2D eigenvalue weighted by atomic mass is 14.4. The number of rotatable bonds is 1. The lowest BCUT2D eigenvalue weighted by Crippen LogP contribution is -2.18. The molecule has 0 N–H and O–H groups in total. The van der Waals surface area contributed by atoms with Crippen LogP contribution in [0.3, 0.4) is 0 Å². The van der Waals surface area contributed by atoms with Gasteiger partial charge < -0.3 is 0 Å². The minimum Gasteiger partial charge on any atom is -0.195 e. The average molecular weight is 181 g/mol. The molecule has 0 aliphatic carbocycles. The first kappa shape index (κ1) is 9.78. The first-order valence-electron chi connectivity index (χ1n) is 3.99. The van der Waals surface area contributed by atoms with E-state index in [2.05, 4.69) is 0 Å². The van der Waals surface area contributed by atoms with Gasteiger partial charge in [-0.3, -0.25) is 0 Å². The van der Waals surface area contributed by atoms with Gasteiger partial charge in [-0.15, -0.1) is 0 Å². The van der Waals surface area contributed by atoms with Crippen molar-refractivity contribution in [3.8, 4) is 18.2 Å². The van der Waals surface area contributed by atoms with E-state index in [0.29, 0.717) is 5.56 Å². The SMILES string of the molecule is Cc1ccc(C(C#N)(C#N)C#N)cc1. The van der Waals surface area contributed by atoms with E-state index in [1.807, 2.05) is 6.92 Å². The van der Waals surface area contributed by atoms with E-state index in [0.717, 1.165) is 5.56 Å². The Morgan fingerprint density at radius 1 is 0.929 bits per heavy atom. The van der Waals surface area contributed by atoms with Crippen LogP contribution in [0.4, 0.5) is 0 Å². The van der Waals surface area contributed by atoms with Gasteiger partial charge in [-0.1, -0.05) is 29.8 Å². The third-order valence-corrected chi connectivity index (χ3v) is 1.99. The van der Waals surface area contributed by atoms with Crippen molar-refractivity contribution in [2.75, 3.05) is 0 Å². The second-order valence-electron chi connectivity index (χ2n) is 2.95. The largest absolute Gasteiger partial charge is 0.253 e. The first-order chi connectivity index (χ1) is 6.68. The normalized spacial score (nSPS) is 9.57. The molecule has 0 radical (unpaired) electrons. The highest BCUT2D eigenvalue weighted by Gasteiger charge is 2.32. The molecule has 0 aromatic heterocycles. The second kappa shape index (κ2) is 3.60. The lowest BCUT2D eigenvalue weighted by atomic mass is 9.85.